The van der Waals surface area contributed by atoms with Gasteiger partial charge in [0.25, 0.3) is 0 Å². The highest BCUT2D eigenvalue weighted by Crippen LogP contribution is 2.66. The van der Waals surface area contributed by atoms with E-state index in [1.54, 1.807) is 0 Å². The van der Waals surface area contributed by atoms with Crippen molar-refractivity contribution in [1.29, 1.82) is 0 Å². The molecule has 142 valence electrons. The average Bonchev–Trinajstić information content (AvgIpc) is 2.88. The number of fused-ring (bicyclic) bond motifs is 5. The SMILES string of the molecule is CCC(=O)[C@@]1(O)CCC2C3C[C@H](C)C4=CC(=O)CC[C@]4(C)C3=CC[C@@]21C. The molecule has 4 aliphatic carbocycles. The van der Waals surface area contributed by atoms with Crippen molar-refractivity contribution in [2.24, 2.45) is 28.6 Å². The topological polar surface area (TPSA) is 54.4 Å². The van der Waals surface area contributed by atoms with Gasteiger partial charge in [0.2, 0.25) is 0 Å². The van der Waals surface area contributed by atoms with Crippen LogP contribution in [-0.2, 0) is 9.59 Å². The molecule has 0 heterocycles. The molecule has 0 amide bonds. The summed E-state index contributed by atoms with van der Waals surface area (Å²) < 4.78 is 0. The first-order valence-electron chi connectivity index (χ1n) is 10.4. The Hall–Kier alpha value is -1.22. The Labute approximate surface area is 156 Å². The lowest BCUT2D eigenvalue weighted by molar-refractivity contribution is -0.152. The fraction of sp³-hybridized carbons (Fsp3) is 0.739. The van der Waals surface area contributed by atoms with Gasteiger partial charge in [0.1, 0.15) is 5.60 Å². The van der Waals surface area contributed by atoms with Crippen molar-refractivity contribution in [1.82, 2.24) is 0 Å². The molecule has 0 aromatic rings. The monoisotopic (exact) mass is 356 g/mol. The number of hydrogen-bond acceptors (Lipinski definition) is 3. The third-order valence-corrected chi connectivity index (χ3v) is 8.59. The molecule has 0 bridgehead atoms. The van der Waals surface area contributed by atoms with E-state index < -0.39 is 5.60 Å². The van der Waals surface area contributed by atoms with E-state index in [2.05, 4.69) is 26.8 Å². The van der Waals surface area contributed by atoms with Gasteiger partial charge in [0.05, 0.1) is 0 Å². The minimum atomic E-state index is -1.17. The molecule has 0 spiro atoms. The molecule has 2 unspecified atom stereocenters. The summed E-state index contributed by atoms with van der Waals surface area (Å²) in [6, 6.07) is 0. The smallest absolute Gasteiger partial charge is 0.164 e. The van der Waals surface area contributed by atoms with Crippen molar-refractivity contribution in [3.8, 4) is 0 Å². The van der Waals surface area contributed by atoms with E-state index in [4.69, 9.17) is 0 Å². The van der Waals surface area contributed by atoms with E-state index in [1.807, 2.05) is 13.0 Å². The number of carbonyl (C=O) groups is 2. The molecule has 0 aromatic carbocycles. The maximum atomic E-state index is 12.6. The van der Waals surface area contributed by atoms with E-state index in [9.17, 15) is 14.7 Å². The predicted octanol–water partition coefficient (Wildman–Crippen LogP) is 4.39. The average molecular weight is 357 g/mol. The Morgan fingerprint density at radius 3 is 2.69 bits per heavy atom. The molecule has 2 fully saturated rings. The molecule has 0 saturated heterocycles. The van der Waals surface area contributed by atoms with E-state index in [-0.39, 0.29) is 22.4 Å². The minimum absolute atomic E-state index is 0.00690. The highest BCUT2D eigenvalue weighted by atomic mass is 16.3. The number of allylic oxidation sites excluding steroid dienone is 4. The van der Waals surface area contributed by atoms with Crippen LogP contribution in [0, 0.1) is 28.6 Å². The van der Waals surface area contributed by atoms with Gasteiger partial charge in [-0.3, -0.25) is 9.59 Å². The van der Waals surface area contributed by atoms with Crippen molar-refractivity contribution in [2.45, 2.75) is 78.2 Å². The van der Waals surface area contributed by atoms with Crippen LogP contribution >= 0.6 is 0 Å². The van der Waals surface area contributed by atoms with Crippen molar-refractivity contribution >= 4 is 11.6 Å². The lowest BCUT2D eigenvalue weighted by Crippen LogP contribution is -2.55. The minimum Gasteiger partial charge on any atom is -0.381 e. The Morgan fingerprint density at radius 2 is 2.00 bits per heavy atom. The largest absolute Gasteiger partial charge is 0.381 e. The van der Waals surface area contributed by atoms with Crippen LogP contribution in [0.25, 0.3) is 0 Å². The van der Waals surface area contributed by atoms with Crippen LogP contribution in [0.5, 0.6) is 0 Å². The lowest BCUT2D eigenvalue weighted by Gasteiger charge is -2.56. The van der Waals surface area contributed by atoms with Crippen LogP contribution in [0.3, 0.4) is 0 Å². The van der Waals surface area contributed by atoms with E-state index in [1.165, 1.54) is 11.1 Å². The normalized spacial score (nSPS) is 47.4. The predicted molar refractivity (Wildman–Crippen MR) is 101 cm³/mol. The van der Waals surface area contributed by atoms with Gasteiger partial charge in [-0.15, -0.1) is 0 Å². The molecule has 26 heavy (non-hydrogen) atoms. The Morgan fingerprint density at radius 1 is 1.27 bits per heavy atom. The van der Waals surface area contributed by atoms with Crippen LogP contribution in [0.15, 0.2) is 23.3 Å². The molecule has 0 radical (unpaired) electrons. The Kier molecular flexibility index (Phi) is 3.94. The van der Waals surface area contributed by atoms with Crippen molar-refractivity contribution in [3.63, 3.8) is 0 Å². The van der Waals surface area contributed by atoms with Gasteiger partial charge in [-0.1, -0.05) is 44.9 Å². The van der Waals surface area contributed by atoms with E-state index in [0.29, 0.717) is 37.0 Å². The quantitative estimate of drug-likeness (QED) is 0.746. The number of Topliss-reactive ketones (excluding diaryl/α,β-unsaturated/α-hetero) is 1. The molecule has 3 nitrogen and oxygen atoms in total. The lowest BCUT2D eigenvalue weighted by atomic mass is 9.48. The second-order valence-electron chi connectivity index (χ2n) is 9.70. The first kappa shape index (κ1) is 18.2. The van der Waals surface area contributed by atoms with Crippen LogP contribution < -0.4 is 0 Å². The molecular formula is C23H32O3. The Balaban J connectivity index is 1.79. The summed E-state index contributed by atoms with van der Waals surface area (Å²) in [6.07, 6.45) is 9.56. The van der Waals surface area contributed by atoms with Crippen molar-refractivity contribution in [3.05, 3.63) is 23.3 Å². The molecule has 4 aliphatic rings. The standard InChI is InChI=1S/C23H32O3/c1-5-20(25)23(26)11-8-18-16-12-14(2)19-13-15(24)6-9-21(19,3)17(16)7-10-22(18,23)4/h7,13-14,16,18,26H,5-6,8-12H2,1-4H3/t14-,16?,18?,21+,22-,23-/m0/s1. The number of ketones is 2. The van der Waals surface area contributed by atoms with Gasteiger partial charge in [-0.25, -0.2) is 0 Å². The summed E-state index contributed by atoms with van der Waals surface area (Å²) in [5.74, 6) is 1.47. The summed E-state index contributed by atoms with van der Waals surface area (Å²) in [5.41, 5.74) is 1.28. The molecule has 4 rings (SSSR count). The van der Waals surface area contributed by atoms with Gasteiger partial charge in [-0.2, -0.15) is 0 Å². The summed E-state index contributed by atoms with van der Waals surface area (Å²) in [7, 11) is 0. The zero-order chi connectivity index (χ0) is 18.9. The van der Waals surface area contributed by atoms with Gasteiger partial charge in [0, 0.05) is 23.7 Å². The Bertz CT molecular complexity index is 732. The first-order valence-corrected chi connectivity index (χ1v) is 10.4. The highest BCUT2D eigenvalue weighted by molar-refractivity contribution is 5.92. The number of carbonyl (C=O) groups excluding carboxylic acids is 2. The maximum Gasteiger partial charge on any atom is 0.164 e. The van der Waals surface area contributed by atoms with Gasteiger partial charge >= 0.3 is 0 Å². The molecule has 1 N–H and O–H groups in total. The van der Waals surface area contributed by atoms with Crippen molar-refractivity contribution < 1.29 is 14.7 Å². The van der Waals surface area contributed by atoms with Gasteiger partial charge in [-0.05, 0) is 55.9 Å². The third-order valence-electron chi connectivity index (χ3n) is 8.59. The van der Waals surface area contributed by atoms with E-state index >= 15 is 0 Å². The molecule has 6 atom stereocenters. The van der Waals surface area contributed by atoms with E-state index in [0.717, 1.165) is 25.7 Å². The van der Waals surface area contributed by atoms with Crippen molar-refractivity contribution in [2.75, 3.05) is 0 Å². The summed E-state index contributed by atoms with van der Waals surface area (Å²) in [6.45, 7) is 8.58. The molecule has 3 heteroatoms. The zero-order valence-electron chi connectivity index (χ0n) is 16.6. The van der Waals surface area contributed by atoms with Gasteiger partial charge in [0.15, 0.2) is 11.6 Å². The summed E-state index contributed by atoms with van der Waals surface area (Å²) >= 11 is 0. The second-order valence-corrected chi connectivity index (χ2v) is 9.70. The number of rotatable bonds is 2. The fourth-order valence-corrected chi connectivity index (χ4v) is 7.03. The number of aliphatic hydroxyl groups is 1. The third kappa shape index (κ3) is 2.10. The zero-order valence-corrected chi connectivity index (χ0v) is 16.6. The first-order chi connectivity index (χ1) is 12.2. The molecule has 0 aliphatic heterocycles. The van der Waals surface area contributed by atoms with Crippen LogP contribution in [-0.4, -0.2) is 22.3 Å². The maximum absolute atomic E-state index is 12.6. The molecule has 2 saturated carbocycles. The summed E-state index contributed by atoms with van der Waals surface area (Å²) in [4.78, 5) is 24.7. The fourth-order valence-electron chi connectivity index (χ4n) is 7.03. The summed E-state index contributed by atoms with van der Waals surface area (Å²) in [5, 5.41) is 11.4. The highest BCUT2D eigenvalue weighted by Gasteiger charge is 2.64. The van der Waals surface area contributed by atoms with Crippen LogP contribution in [0.2, 0.25) is 0 Å². The van der Waals surface area contributed by atoms with Crippen LogP contribution in [0.4, 0.5) is 0 Å². The van der Waals surface area contributed by atoms with Gasteiger partial charge < -0.3 is 5.11 Å². The molecule has 0 aromatic heterocycles. The molecular weight excluding hydrogens is 324 g/mol. The second kappa shape index (κ2) is 5.64. The number of hydrogen-bond donors (Lipinski definition) is 1. The van der Waals surface area contributed by atoms with Crippen LogP contribution in [0.1, 0.15) is 72.6 Å².